The van der Waals surface area contributed by atoms with E-state index in [1.54, 1.807) is 11.3 Å². The summed E-state index contributed by atoms with van der Waals surface area (Å²) in [6.45, 7) is 2.14. The van der Waals surface area contributed by atoms with Crippen LogP contribution in [0.3, 0.4) is 0 Å². The molecule has 1 aromatic heterocycles. The average molecular weight is 293 g/mol. The first-order chi connectivity index (χ1) is 9.56. The van der Waals surface area contributed by atoms with Crippen LogP contribution >= 0.6 is 11.3 Å². The number of nitrogen functional groups attached to an aromatic ring is 1. The van der Waals surface area contributed by atoms with Crippen molar-refractivity contribution in [1.29, 1.82) is 0 Å². The minimum absolute atomic E-state index is 0.250. The Balaban J connectivity index is 1.79. The molecule has 2 fully saturated rings. The molecule has 1 saturated carbocycles. The van der Waals surface area contributed by atoms with E-state index < -0.39 is 0 Å². The van der Waals surface area contributed by atoms with Crippen molar-refractivity contribution in [1.82, 2.24) is 4.90 Å². The van der Waals surface area contributed by atoms with E-state index in [1.807, 2.05) is 6.07 Å². The van der Waals surface area contributed by atoms with E-state index in [-0.39, 0.29) is 11.7 Å². The Bertz CT molecular complexity index is 507. The number of hydrogen-bond donors (Lipinski definition) is 1. The number of hydrogen-bond acceptors (Lipinski definition) is 5. The van der Waals surface area contributed by atoms with Crippen molar-refractivity contribution >= 4 is 27.8 Å². The maximum absolute atomic E-state index is 12.2. The first kappa shape index (κ1) is 13.9. The maximum Gasteiger partial charge on any atom is 0.178 e. The van der Waals surface area contributed by atoms with Gasteiger partial charge in [-0.1, -0.05) is 0 Å². The zero-order valence-corrected chi connectivity index (χ0v) is 13.1. The summed E-state index contributed by atoms with van der Waals surface area (Å²) in [5.74, 6) is 0.516. The Labute approximate surface area is 124 Å². The van der Waals surface area contributed by atoms with Gasteiger partial charge < -0.3 is 15.5 Å². The molecule has 0 amide bonds. The highest BCUT2D eigenvalue weighted by molar-refractivity contribution is 7.18. The van der Waals surface area contributed by atoms with Gasteiger partial charge in [-0.25, -0.2) is 0 Å². The predicted molar refractivity (Wildman–Crippen MR) is 84.7 cm³/mol. The van der Waals surface area contributed by atoms with Crippen LogP contribution < -0.4 is 10.6 Å². The SMILES string of the molecule is CN(C)CC1CCCN1c1cc(N)c(C(=O)C2CC2)s1. The lowest BCUT2D eigenvalue weighted by Crippen LogP contribution is -2.37. The summed E-state index contributed by atoms with van der Waals surface area (Å²) in [5.41, 5.74) is 6.75. The fraction of sp³-hybridized carbons (Fsp3) is 0.667. The van der Waals surface area contributed by atoms with Crippen LogP contribution in [0.1, 0.15) is 35.4 Å². The number of ketones is 1. The number of rotatable bonds is 5. The van der Waals surface area contributed by atoms with Crippen LogP contribution in [0.4, 0.5) is 10.7 Å². The fourth-order valence-corrected chi connectivity index (χ4v) is 4.19. The zero-order valence-electron chi connectivity index (χ0n) is 12.3. The van der Waals surface area contributed by atoms with Crippen molar-refractivity contribution in [3.8, 4) is 0 Å². The van der Waals surface area contributed by atoms with Crippen LogP contribution in [-0.2, 0) is 0 Å². The van der Waals surface area contributed by atoms with Gasteiger partial charge in [0.2, 0.25) is 0 Å². The highest BCUT2D eigenvalue weighted by atomic mass is 32.1. The first-order valence-electron chi connectivity index (χ1n) is 7.41. The number of nitrogens with zero attached hydrogens (tertiary/aromatic N) is 2. The van der Waals surface area contributed by atoms with Gasteiger partial charge in [-0.15, -0.1) is 11.3 Å². The molecule has 3 rings (SSSR count). The van der Waals surface area contributed by atoms with Crippen LogP contribution in [0.15, 0.2) is 6.07 Å². The van der Waals surface area contributed by atoms with Crippen molar-refractivity contribution in [2.24, 2.45) is 5.92 Å². The van der Waals surface area contributed by atoms with Gasteiger partial charge in [0.15, 0.2) is 5.78 Å². The molecule has 1 aliphatic heterocycles. The molecule has 2 N–H and O–H groups in total. The van der Waals surface area contributed by atoms with E-state index in [4.69, 9.17) is 5.73 Å². The Morgan fingerprint density at radius 2 is 2.20 bits per heavy atom. The van der Waals surface area contributed by atoms with Crippen LogP contribution in [-0.4, -0.2) is 43.9 Å². The number of carbonyl (C=O) groups excluding carboxylic acids is 1. The van der Waals surface area contributed by atoms with Gasteiger partial charge in [-0.05, 0) is 45.8 Å². The van der Waals surface area contributed by atoms with E-state index in [1.165, 1.54) is 17.8 Å². The van der Waals surface area contributed by atoms with Gasteiger partial charge in [-0.2, -0.15) is 0 Å². The Morgan fingerprint density at radius 1 is 1.45 bits per heavy atom. The van der Waals surface area contributed by atoms with E-state index in [2.05, 4.69) is 23.9 Å². The lowest BCUT2D eigenvalue weighted by atomic mass is 10.2. The van der Waals surface area contributed by atoms with Crippen molar-refractivity contribution in [2.45, 2.75) is 31.7 Å². The van der Waals surface area contributed by atoms with Crippen LogP contribution in [0.2, 0.25) is 0 Å². The minimum Gasteiger partial charge on any atom is -0.397 e. The molecule has 20 heavy (non-hydrogen) atoms. The second-order valence-corrected chi connectivity index (χ2v) is 7.29. The maximum atomic E-state index is 12.2. The van der Waals surface area contributed by atoms with E-state index in [0.29, 0.717) is 11.7 Å². The summed E-state index contributed by atoms with van der Waals surface area (Å²) >= 11 is 1.60. The summed E-state index contributed by atoms with van der Waals surface area (Å²) in [7, 11) is 4.22. The summed E-state index contributed by atoms with van der Waals surface area (Å²) < 4.78 is 0. The molecule has 0 radical (unpaired) electrons. The van der Waals surface area contributed by atoms with Crippen molar-refractivity contribution in [3.63, 3.8) is 0 Å². The molecule has 1 aromatic rings. The largest absolute Gasteiger partial charge is 0.397 e. The molecule has 2 aliphatic rings. The quantitative estimate of drug-likeness (QED) is 0.847. The van der Waals surface area contributed by atoms with Crippen molar-refractivity contribution in [2.75, 3.05) is 37.8 Å². The summed E-state index contributed by atoms with van der Waals surface area (Å²) in [6, 6.07) is 2.56. The lowest BCUT2D eigenvalue weighted by molar-refractivity contribution is 0.0972. The Morgan fingerprint density at radius 3 is 2.85 bits per heavy atom. The molecule has 4 nitrogen and oxygen atoms in total. The van der Waals surface area contributed by atoms with Crippen molar-refractivity contribution in [3.05, 3.63) is 10.9 Å². The molecular formula is C15H23N3OS. The Kier molecular flexibility index (Phi) is 3.73. The third-order valence-electron chi connectivity index (χ3n) is 4.16. The highest BCUT2D eigenvalue weighted by Gasteiger charge is 2.34. The van der Waals surface area contributed by atoms with Crippen molar-refractivity contribution < 1.29 is 4.79 Å². The number of nitrogens with two attached hydrogens (primary N) is 1. The van der Waals surface area contributed by atoms with E-state index in [9.17, 15) is 4.79 Å². The standard InChI is InChI=1S/C15H23N3OS/c1-17(2)9-11-4-3-7-18(11)13-8-12(16)15(20-13)14(19)10-5-6-10/h8,10-11H,3-7,9,16H2,1-2H3. The van der Waals surface area contributed by atoms with Gasteiger partial charge in [0, 0.05) is 25.0 Å². The van der Waals surface area contributed by atoms with Gasteiger partial charge in [0.05, 0.1) is 15.6 Å². The molecule has 0 aromatic carbocycles. The molecule has 1 atom stereocenters. The molecule has 2 heterocycles. The zero-order chi connectivity index (χ0) is 14.3. The third-order valence-corrected chi connectivity index (χ3v) is 5.36. The minimum atomic E-state index is 0.250. The van der Waals surface area contributed by atoms with Crippen LogP contribution in [0, 0.1) is 5.92 Å². The number of carbonyl (C=O) groups is 1. The molecule has 1 saturated heterocycles. The lowest BCUT2D eigenvalue weighted by Gasteiger charge is -2.27. The van der Waals surface area contributed by atoms with Gasteiger partial charge in [0.25, 0.3) is 0 Å². The summed E-state index contributed by atoms with van der Waals surface area (Å²) in [6.07, 6.45) is 4.53. The molecule has 0 spiro atoms. The number of Topliss-reactive ketones (excluding diaryl/α,β-unsaturated/α-hetero) is 1. The number of likely N-dealkylation sites (N-methyl/N-ethyl adjacent to an activating group) is 1. The summed E-state index contributed by atoms with van der Waals surface area (Å²) in [5, 5.41) is 1.18. The number of thiophene rings is 1. The number of anilines is 2. The smallest absolute Gasteiger partial charge is 0.178 e. The second kappa shape index (κ2) is 5.37. The molecule has 5 heteroatoms. The van der Waals surface area contributed by atoms with Gasteiger partial charge in [-0.3, -0.25) is 4.79 Å². The monoisotopic (exact) mass is 293 g/mol. The molecular weight excluding hydrogens is 270 g/mol. The van der Waals surface area contributed by atoms with Crippen LogP contribution in [0.25, 0.3) is 0 Å². The molecule has 1 unspecified atom stereocenters. The molecule has 110 valence electrons. The van der Waals surface area contributed by atoms with Gasteiger partial charge in [0.1, 0.15) is 0 Å². The third kappa shape index (κ3) is 2.69. The predicted octanol–water partition coefficient (Wildman–Crippen LogP) is 2.45. The second-order valence-electron chi connectivity index (χ2n) is 6.26. The van der Waals surface area contributed by atoms with Gasteiger partial charge >= 0.3 is 0 Å². The van der Waals surface area contributed by atoms with E-state index in [0.717, 1.165) is 30.8 Å². The van der Waals surface area contributed by atoms with Crippen LogP contribution in [0.5, 0.6) is 0 Å². The average Bonchev–Trinajstić information content (AvgIpc) is 3.03. The normalized spacial score (nSPS) is 22.8. The fourth-order valence-electron chi connectivity index (χ4n) is 2.99. The Hall–Kier alpha value is -1.07. The highest BCUT2D eigenvalue weighted by Crippen LogP contribution is 2.41. The molecule has 1 aliphatic carbocycles. The first-order valence-corrected chi connectivity index (χ1v) is 8.23. The van der Waals surface area contributed by atoms with E-state index >= 15 is 0 Å². The topological polar surface area (TPSA) is 49.6 Å². The summed E-state index contributed by atoms with van der Waals surface area (Å²) in [4.78, 5) is 17.7. The molecule has 0 bridgehead atoms.